The van der Waals surface area contributed by atoms with Crippen LogP contribution < -0.4 is 5.32 Å². The summed E-state index contributed by atoms with van der Waals surface area (Å²) in [5.41, 5.74) is 1.42. The van der Waals surface area contributed by atoms with E-state index in [2.05, 4.69) is 54.4 Å². The third kappa shape index (κ3) is 5.77. The van der Waals surface area contributed by atoms with E-state index in [9.17, 15) is 0 Å². The summed E-state index contributed by atoms with van der Waals surface area (Å²) in [6, 6.07) is 11.8. The average molecular weight is 290 g/mol. The summed E-state index contributed by atoms with van der Waals surface area (Å²) in [7, 11) is 0. The molecule has 2 rings (SSSR count). The number of morpholine rings is 1. The highest BCUT2D eigenvalue weighted by atomic mass is 16.5. The van der Waals surface area contributed by atoms with Gasteiger partial charge in [0.05, 0.1) is 13.2 Å². The van der Waals surface area contributed by atoms with Crippen LogP contribution in [0, 0.1) is 0 Å². The van der Waals surface area contributed by atoms with Crippen molar-refractivity contribution in [2.75, 3.05) is 32.8 Å². The van der Waals surface area contributed by atoms with Crippen LogP contribution in [0.15, 0.2) is 30.3 Å². The first-order chi connectivity index (χ1) is 10.3. The molecule has 3 heteroatoms. The summed E-state index contributed by atoms with van der Waals surface area (Å²) in [5.74, 6) is 0. The molecule has 1 aliphatic heterocycles. The van der Waals surface area contributed by atoms with Gasteiger partial charge in [0.1, 0.15) is 0 Å². The monoisotopic (exact) mass is 290 g/mol. The molecule has 0 spiro atoms. The lowest BCUT2D eigenvalue weighted by atomic mass is 10.00. The van der Waals surface area contributed by atoms with Crippen LogP contribution in [0.5, 0.6) is 0 Å². The molecule has 1 saturated heterocycles. The fraction of sp³-hybridized carbons (Fsp3) is 0.667. The minimum absolute atomic E-state index is 0.474. The van der Waals surface area contributed by atoms with Crippen molar-refractivity contribution in [1.29, 1.82) is 0 Å². The molecule has 0 saturated carbocycles. The van der Waals surface area contributed by atoms with E-state index in [1.165, 1.54) is 24.8 Å². The zero-order valence-electron chi connectivity index (χ0n) is 13.6. The topological polar surface area (TPSA) is 24.5 Å². The quantitative estimate of drug-likeness (QED) is 0.795. The molecule has 118 valence electrons. The van der Waals surface area contributed by atoms with Gasteiger partial charge in [-0.3, -0.25) is 4.90 Å². The second-order valence-electron chi connectivity index (χ2n) is 6.09. The van der Waals surface area contributed by atoms with Gasteiger partial charge < -0.3 is 10.1 Å². The Labute approximate surface area is 129 Å². The van der Waals surface area contributed by atoms with Crippen LogP contribution in [0.2, 0.25) is 0 Å². The van der Waals surface area contributed by atoms with E-state index in [0.717, 1.165) is 32.8 Å². The van der Waals surface area contributed by atoms with Crippen LogP contribution in [0.1, 0.15) is 44.7 Å². The fourth-order valence-electron chi connectivity index (χ4n) is 3.01. The van der Waals surface area contributed by atoms with E-state index >= 15 is 0 Å². The Morgan fingerprint density at radius 3 is 2.57 bits per heavy atom. The van der Waals surface area contributed by atoms with Crippen molar-refractivity contribution in [3.8, 4) is 0 Å². The molecule has 21 heavy (non-hydrogen) atoms. The number of nitrogens with zero attached hydrogens (tertiary/aromatic N) is 1. The first-order valence-corrected chi connectivity index (χ1v) is 8.40. The van der Waals surface area contributed by atoms with Crippen molar-refractivity contribution in [3.05, 3.63) is 35.9 Å². The molecule has 1 N–H and O–H groups in total. The molecule has 0 bridgehead atoms. The smallest absolute Gasteiger partial charge is 0.0594 e. The largest absolute Gasteiger partial charge is 0.379 e. The van der Waals surface area contributed by atoms with Gasteiger partial charge in [-0.1, -0.05) is 50.1 Å². The van der Waals surface area contributed by atoms with Gasteiger partial charge in [0.25, 0.3) is 0 Å². The zero-order chi connectivity index (χ0) is 14.9. The summed E-state index contributed by atoms with van der Waals surface area (Å²) in [4.78, 5) is 2.50. The molecule has 1 fully saturated rings. The number of hydrogen-bond acceptors (Lipinski definition) is 3. The number of benzene rings is 1. The minimum Gasteiger partial charge on any atom is -0.379 e. The highest BCUT2D eigenvalue weighted by Crippen LogP contribution is 2.20. The Morgan fingerprint density at radius 2 is 1.90 bits per heavy atom. The molecule has 2 unspecified atom stereocenters. The van der Waals surface area contributed by atoms with E-state index in [1.807, 2.05) is 0 Å². The van der Waals surface area contributed by atoms with Gasteiger partial charge >= 0.3 is 0 Å². The first-order valence-electron chi connectivity index (χ1n) is 8.40. The van der Waals surface area contributed by atoms with Crippen LogP contribution in [-0.4, -0.2) is 43.8 Å². The van der Waals surface area contributed by atoms with Crippen molar-refractivity contribution in [2.24, 2.45) is 0 Å². The van der Waals surface area contributed by atoms with Gasteiger partial charge in [-0.05, 0) is 18.9 Å². The lowest BCUT2D eigenvalue weighted by Crippen LogP contribution is -2.45. The lowest BCUT2D eigenvalue weighted by Gasteiger charge is -2.31. The molecule has 0 aromatic heterocycles. The van der Waals surface area contributed by atoms with Crippen LogP contribution in [0.4, 0.5) is 0 Å². The van der Waals surface area contributed by atoms with Gasteiger partial charge in [-0.25, -0.2) is 0 Å². The summed E-state index contributed by atoms with van der Waals surface area (Å²) in [6.45, 7) is 9.57. The first kappa shape index (κ1) is 16.5. The molecule has 1 heterocycles. The third-order valence-electron chi connectivity index (χ3n) is 4.17. The fourth-order valence-corrected chi connectivity index (χ4v) is 3.01. The normalized spacial score (nSPS) is 19.3. The van der Waals surface area contributed by atoms with Crippen LogP contribution in [0.25, 0.3) is 0 Å². The molecule has 0 amide bonds. The molecular weight excluding hydrogens is 260 g/mol. The van der Waals surface area contributed by atoms with Crippen LogP contribution in [0.3, 0.4) is 0 Å². The molecule has 1 aromatic carbocycles. The Bertz CT molecular complexity index is 376. The molecule has 2 atom stereocenters. The standard InChI is InChI=1S/C18H30N2O/c1-3-4-10-18(17-8-6-5-7-9-17)19-16(2)15-20-11-13-21-14-12-20/h5-9,16,18-19H,3-4,10-15H2,1-2H3. The van der Waals surface area contributed by atoms with Crippen molar-refractivity contribution >= 4 is 0 Å². The van der Waals surface area contributed by atoms with E-state index in [4.69, 9.17) is 4.74 Å². The molecular formula is C18H30N2O. The van der Waals surface area contributed by atoms with Crippen molar-refractivity contribution in [2.45, 2.75) is 45.2 Å². The third-order valence-corrected chi connectivity index (χ3v) is 4.17. The summed E-state index contributed by atoms with van der Waals surface area (Å²) in [6.07, 6.45) is 3.74. The van der Waals surface area contributed by atoms with E-state index in [-0.39, 0.29) is 0 Å². The minimum atomic E-state index is 0.474. The number of nitrogens with one attached hydrogen (secondary N) is 1. The molecule has 1 aromatic rings. The molecule has 1 aliphatic rings. The van der Waals surface area contributed by atoms with E-state index in [1.54, 1.807) is 0 Å². The van der Waals surface area contributed by atoms with Gasteiger partial charge in [-0.15, -0.1) is 0 Å². The highest BCUT2D eigenvalue weighted by Gasteiger charge is 2.17. The predicted octanol–water partition coefficient (Wildman–Crippen LogP) is 3.23. The molecule has 0 radical (unpaired) electrons. The Balaban J connectivity index is 1.87. The Morgan fingerprint density at radius 1 is 1.19 bits per heavy atom. The van der Waals surface area contributed by atoms with Crippen LogP contribution >= 0.6 is 0 Å². The van der Waals surface area contributed by atoms with E-state index in [0.29, 0.717) is 12.1 Å². The van der Waals surface area contributed by atoms with Gasteiger partial charge in [0.15, 0.2) is 0 Å². The number of rotatable bonds is 8. The zero-order valence-corrected chi connectivity index (χ0v) is 13.6. The number of hydrogen-bond donors (Lipinski definition) is 1. The number of ether oxygens (including phenoxy) is 1. The Hall–Kier alpha value is -0.900. The summed E-state index contributed by atoms with van der Waals surface area (Å²) in [5, 5.41) is 3.83. The van der Waals surface area contributed by atoms with Gasteiger partial charge in [0, 0.05) is 31.7 Å². The Kier molecular flexibility index (Phi) is 7.20. The van der Waals surface area contributed by atoms with Gasteiger partial charge in [-0.2, -0.15) is 0 Å². The molecule has 0 aliphatic carbocycles. The lowest BCUT2D eigenvalue weighted by molar-refractivity contribution is 0.0337. The summed E-state index contributed by atoms with van der Waals surface area (Å²) >= 11 is 0. The second kappa shape index (κ2) is 9.19. The van der Waals surface area contributed by atoms with Crippen molar-refractivity contribution < 1.29 is 4.74 Å². The maximum Gasteiger partial charge on any atom is 0.0594 e. The number of unbranched alkanes of at least 4 members (excludes halogenated alkanes) is 1. The molecule has 3 nitrogen and oxygen atoms in total. The maximum absolute atomic E-state index is 5.42. The van der Waals surface area contributed by atoms with Crippen LogP contribution in [-0.2, 0) is 4.74 Å². The van der Waals surface area contributed by atoms with Crippen molar-refractivity contribution in [1.82, 2.24) is 10.2 Å². The predicted molar refractivity (Wildman–Crippen MR) is 88.6 cm³/mol. The SMILES string of the molecule is CCCCC(NC(C)CN1CCOCC1)c1ccccc1. The average Bonchev–Trinajstić information content (AvgIpc) is 2.53. The highest BCUT2D eigenvalue weighted by molar-refractivity contribution is 5.19. The van der Waals surface area contributed by atoms with Crippen molar-refractivity contribution in [3.63, 3.8) is 0 Å². The second-order valence-corrected chi connectivity index (χ2v) is 6.09. The van der Waals surface area contributed by atoms with E-state index < -0.39 is 0 Å². The summed E-state index contributed by atoms with van der Waals surface area (Å²) < 4.78 is 5.42. The van der Waals surface area contributed by atoms with Gasteiger partial charge in [0.2, 0.25) is 0 Å². The maximum atomic E-state index is 5.42.